The van der Waals surface area contributed by atoms with Crippen molar-refractivity contribution in [1.82, 2.24) is 15.6 Å². The van der Waals surface area contributed by atoms with Crippen LogP contribution in [0.2, 0.25) is 0 Å². The second-order valence-electron chi connectivity index (χ2n) is 3.80. The van der Waals surface area contributed by atoms with Crippen molar-refractivity contribution in [2.75, 3.05) is 6.54 Å². The number of hydrogen-bond donors (Lipinski definition) is 2. The molecule has 0 saturated carbocycles. The minimum atomic E-state index is -0.143. The van der Waals surface area contributed by atoms with E-state index in [0.717, 1.165) is 12.0 Å². The molecule has 0 radical (unpaired) electrons. The van der Waals surface area contributed by atoms with E-state index in [2.05, 4.69) is 21.7 Å². The first kappa shape index (κ1) is 12.6. The van der Waals surface area contributed by atoms with Crippen LogP contribution in [-0.4, -0.2) is 17.6 Å². The summed E-state index contributed by atoms with van der Waals surface area (Å²) in [5.41, 5.74) is 0.992. The first-order valence-corrected chi connectivity index (χ1v) is 6.65. The normalized spacial score (nSPS) is 10.0. The van der Waals surface area contributed by atoms with Gasteiger partial charge in [-0.15, -0.1) is 11.3 Å². The van der Waals surface area contributed by atoms with Gasteiger partial charge in [-0.2, -0.15) is 0 Å². The largest absolute Gasteiger partial charge is 0.338 e. The Labute approximate surface area is 110 Å². The molecule has 94 valence electrons. The van der Waals surface area contributed by atoms with Gasteiger partial charge in [0.1, 0.15) is 0 Å². The quantitative estimate of drug-likeness (QED) is 0.867. The first-order chi connectivity index (χ1) is 8.84. The molecule has 0 saturated heterocycles. The monoisotopic (exact) mass is 261 g/mol. The average Bonchev–Trinajstić information content (AvgIpc) is 2.91. The van der Waals surface area contributed by atoms with Crippen LogP contribution in [0.4, 0.5) is 4.79 Å². The minimum absolute atomic E-state index is 0.143. The molecule has 5 heteroatoms. The molecule has 2 aromatic rings. The topological polar surface area (TPSA) is 54.0 Å². The smallest absolute Gasteiger partial charge is 0.315 e. The molecule has 2 amide bonds. The van der Waals surface area contributed by atoms with Gasteiger partial charge >= 0.3 is 6.03 Å². The summed E-state index contributed by atoms with van der Waals surface area (Å²) in [7, 11) is 0. The SMILES string of the molecule is O=C(NCCc1cccs1)NCc1cccnc1. The van der Waals surface area contributed by atoms with E-state index >= 15 is 0 Å². The van der Waals surface area contributed by atoms with Crippen LogP contribution in [0.15, 0.2) is 42.0 Å². The van der Waals surface area contributed by atoms with Gasteiger partial charge in [-0.1, -0.05) is 12.1 Å². The molecular formula is C13H15N3OS. The molecule has 0 atom stereocenters. The Morgan fingerprint density at radius 2 is 2.22 bits per heavy atom. The maximum absolute atomic E-state index is 11.5. The highest BCUT2D eigenvalue weighted by atomic mass is 32.1. The standard InChI is InChI=1S/C13H15N3OS/c17-13(15-7-5-12-4-2-8-18-12)16-10-11-3-1-6-14-9-11/h1-4,6,8-9H,5,7,10H2,(H2,15,16,17). The number of aromatic nitrogens is 1. The van der Waals surface area contributed by atoms with Crippen molar-refractivity contribution < 1.29 is 4.79 Å². The van der Waals surface area contributed by atoms with Gasteiger partial charge in [-0.05, 0) is 29.5 Å². The molecule has 0 bridgehead atoms. The number of carbonyl (C=O) groups excluding carboxylic acids is 1. The number of pyridine rings is 1. The van der Waals surface area contributed by atoms with Gasteiger partial charge in [-0.3, -0.25) is 4.98 Å². The van der Waals surface area contributed by atoms with Gasteiger partial charge in [0.2, 0.25) is 0 Å². The molecule has 0 aliphatic carbocycles. The Balaban J connectivity index is 1.63. The van der Waals surface area contributed by atoms with E-state index in [9.17, 15) is 4.79 Å². The Kier molecular flexibility index (Phi) is 4.72. The lowest BCUT2D eigenvalue weighted by atomic mass is 10.3. The predicted octanol–water partition coefficient (Wildman–Crippen LogP) is 2.19. The molecule has 18 heavy (non-hydrogen) atoms. The number of urea groups is 1. The van der Waals surface area contributed by atoms with Crippen LogP contribution in [0.25, 0.3) is 0 Å². The van der Waals surface area contributed by atoms with Crippen molar-refractivity contribution in [1.29, 1.82) is 0 Å². The molecule has 0 aromatic carbocycles. The Morgan fingerprint density at radius 3 is 2.94 bits per heavy atom. The molecule has 2 N–H and O–H groups in total. The molecule has 0 unspecified atom stereocenters. The summed E-state index contributed by atoms with van der Waals surface area (Å²) in [6, 6.07) is 7.72. The third-order valence-electron chi connectivity index (χ3n) is 2.41. The Hall–Kier alpha value is -1.88. The molecule has 2 aromatic heterocycles. The summed E-state index contributed by atoms with van der Waals surface area (Å²) in [6.45, 7) is 1.15. The number of rotatable bonds is 5. The van der Waals surface area contributed by atoms with E-state index in [0.29, 0.717) is 13.1 Å². The number of nitrogens with zero attached hydrogens (tertiary/aromatic N) is 1. The highest BCUT2D eigenvalue weighted by Gasteiger charge is 2.00. The molecule has 0 aliphatic heterocycles. The van der Waals surface area contributed by atoms with E-state index in [1.807, 2.05) is 23.6 Å². The molecular weight excluding hydrogens is 246 g/mol. The fourth-order valence-electron chi connectivity index (χ4n) is 1.50. The van der Waals surface area contributed by atoms with Crippen molar-refractivity contribution >= 4 is 17.4 Å². The zero-order valence-electron chi connectivity index (χ0n) is 9.93. The van der Waals surface area contributed by atoms with Crippen LogP contribution < -0.4 is 10.6 Å². The fraction of sp³-hybridized carbons (Fsp3) is 0.231. The average molecular weight is 261 g/mol. The third kappa shape index (κ3) is 4.18. The highest BCUT2D eigenvalue weighted by Crippen LogP contribution is 2.07. The third-order valence-corrected chi connectivity index (χ3v) is 3.35. The van der Waals surface area contributed by atoms with Gasteiger partial charge in [0.05, 0.1) is 0 Å². The second kappa shape index (κ2) is 6.76. The molecule has 0 spiro atoms. The van der Waals surface area contributed by atoms with E-state index in [-0.39, 0.29) is 6.03 Å². The number of hydrogen-bond acceptors (Lipinski definition) is 3. The lowest BCUT2D eigenvalue weighted by Crippen LogP contribution is -2.36. The van der Waals surface area contributed by atoms with Gasteiger partial charge in [0.25, 0.3) is 0 Å². The first-order valence-electron chi connectivity index (χ1n) is 5.77. The number of carbonyl (C=O) groups is 1. The Morgan fingerprint density at radius 1 is 1.28 bits per heavy atom. The van der Waals surface area contributed by atoms with E-state index in [1.165, 1.54) is 4.88 Å². The van der Waals surface area contributed by atoms with Crippen LogP contribution in [0.3, 0.4) is 0 Å². The maximum Gasteiger partial charge on any atom is 0.315 e. The lowest BCUT2D eigenvalue weighted by Gasteiger charge is -2.06. The fourth-order valence-corrected chi connectivity index (χ4v) is 2.21. The Bertz CT molecular complexity index is 470. The van der Waals surface area contributed by atoms with Crippen molar-refractivity contribution in [3.05, 3.63) is 52.5 Å². The van der Waals surface area contributed by atoms with Gasteiger partial charge < -0.3 is 10.6 Å². The van der Waals surface area contributed by atoms with Crippen molar-refractivity contribution in [2.45, 2.75) is 13.0 Å². The second-order valence-corrected chi connectivity index (χ2v) is 4.83. The summed E-state index contributed by atoms with van der Waals surface area (Å²) in [6.07, 6.45) is 4.33. The van der Waals surface area contributed by atoms with E-state index < -0.39 is 0 Å². The lowest BCUT2D eigenvalue weighted by molar-refractivity contribution is 0.240. The predicted molar refractivity (Wildman–Crippen MR) is 72.5 cm³/mol. The minimum Gasteiger partial charge on any atom is -0.338 e. The molecule has 2 heterocycles. The molecule has 2 rings (SSSR count). The molecule has 0 aliphatic rings. The maximum atomic E-state index is 11.5. The summed E-state index contributed by atoms with van der Waals surface area (Å²) in [4.78, 5) is 16.8. The highest BCUT2D eigenvalue weighted by molar-refractivity contribution is 7.09. The van der Waals surface area contributed by atoms with Crippen LogP contribution in [0.1, 0.15) is 10.4 Å². The van der Waals surface area contributed by atoms with E-state index in [1.54, 1.807) is 23.7 Å². The molecule has 0 fully saturated rings. The van der Waals surface area contributed by atoms with Crippen molar-refractivity contribution in [3.63, 3.8) is 0 Å². The number of amides is 2. The number of nitrogens with one attached hydrogen (secondary N) is 2. The van der Waals surface area contributed by atoms with E-state index in [4.69, 9.17) is 0 Å². The van der Waals surface area contributed by atoms with Gasteiger partial charge in [-0.25, -0.2) is 4.79 Å². The van der Waals surface area contributed by atoms with Crippen LogP contribution >= 0.6 is 11.3 Å². The molecule has 4 nitrogen and oxygen atoms in total. The van der Waals surface area contributed by atoms with Crippen LogP contribution in [-0.2, 0) is 13.0 Å². The van der Waals surface area contributed by atoms with Gasteiger partial charge in [0.15, 0.2) is 0 Å². The van der Waals surface area contributed by atoms with Gasteiger partial charge in [0, 0.05) is 30.4 Å². The summed E-state index contributed by atoms with van der Waals surface area (Å²) in [5, 5.41) is 7.66. The summed E-state index contributed by atoms with van der Waals surface area (Å²) in [5.74, 6) is 0. The number of thiophene rings is 1. The zero-order chi connectivity index (χ0) is 12.6. The van der Waals surface area contributed by atoms with Crippen molar-refractivity contribution in [3.8, 4) is 0 Å². The van der Waals surface area contributed by atoms with Crippen LogP contribution in [0, 0.1) is 0 Å². The summed E-state index contributed by atoms with van der Waals surface area (Å²) >= 11 is 1.70. The summed E-state index contributed by atoms with van der Waals surface area (Å²) < 4.78 is 0. The zero-order valence-corrected chi connectivity index (χ0v) is 10.7. The van der Waals surface area contributed by atoms with Crippen molar-refractivity contribution in [2.24, 2.45) is 0 Å². The van der Waals surface area contributed by atoms with Crippen LogP contribution in [0.5, 0.6) is 0 Å².